The van der Waals surface area contributed by atoms with Crippen molar-refractivity contribution in [3.05, 3.63) is 47.7 Å². The maximum atomic E-state index is 13.5. The first-order valence-corrected chi connectivity index (χ1v) is 12.5. The smallest absolute Gasteiger partial charge is 0.223 e. The largest absolute Gasteiger partial charge is 0.350 e. The number of benzene rings is 1. The van der Waals surface area contributed by atoms with Gasteiger partial charge in [-0.1, -0.05) is 36.3 Å². The number of rotatable bonds is 3. The van der Waals surface area contributed by atoms with Crippen LogP contribution < -0.4 is 0 Å². The Bertz CT molecular complexity index is 1020. The van der Waals surface area contributed by atoms with Gasteiger partial charge in [0.25, 0.3) is 0 Å². The van der Waals surface area contributed by atoms with Crippen molar-refractivity contribution >= 4 is 16.8 Å². The molecule has 4 atom stereocenters. The third kappa shape index (κ3) is 3.34. The molecule has 4 aliphatic rings. The van der Waals surface area contributed by atoms with E-state index in [1.54, 1.807) is 5.57 Å². The molecule has 0 saturated carbocycles. The SMILES string of the molecule is Cn1cc(CCC(=O)N2CCCC3=C[C@H]4C[C@H](CN5CCCC[C@@H]45)[C@@H]32)c2ccccc21. The lowest BCUT2D eigenvalue weighted by molar-refractivity contribution is -0.136. The Hall–Kier alpha value is -2.07. The third-order valence-corrected chi connectivity index (χ3v) is 8.57. The number of fused-ring (bicyclic) bond motifs is 7. The minimum atomic E-state index is 0.364. The van der Waals surface area contributed by atoms with Gasteiger partial charge in [-0.25, -0.2) is 0 Å². The van der Waals surface area contributed by atoms with Gasteiger partial charge in [0, 0.05) is 49.7 Å². The van der Waals surface area contributed by atoms with Crippen molar-refractivity contribution in [2.45, 2.75) is 63.5 Å². The Morgan fingerprint density at radius 3 is 2.97 bits per heavy atom. The first-order chi connectivity index (χ1) is 15.2. The van der Waals surface area contributed by atoms with Crippen LogP contribution in [0.25, 0.3) is 10.9 Å². The second-order valence-corrected chi connectivity index (χ2v) is 10.4. The number of carbonyl (C=O) groups is 1. The Morgan fingerprint density at radius 1 is 1.13 bits per heavy atom. The zero-order valence-corrected chi connectivity index (χ0v) is 18.8. The molecule has 3 aliphatic heterocycles. The van der Waals surface area contributed by atoms with E-state index in [4.69, 9.17) is 0 Å². The number of hydrogen-bond donors (Lipinski definition) is 0. The van der Waals surface area contributed by atoms with E-state index in [9.17, 15) is 4.79 Å². The van der Waals surface area contributed by atoms with Gasteiger partial charge in [0.2, 0.25) is 5.91 Å². The summed E-state index contributed by atoms with van der Waals surface area (Å²) in [6.45, 7) is 3.42. The predicted molar refractivity (Wildman–Crippen MR) is 125 cm³/mol. The summed E-state index contributed by atoms with van der Waals surface area (Å²) in [4.78, 5) is 18.5. The first-order valence-electron chi connectivity index (χ1n) is 12.5. The predicted octanol–water partition coefficient (Wildman–Crippen LogP) is 4.53. The van der Waals surface area contributed by atoms with Crippen molar-refractivity contribution in [3.8, 4) is 0 Å². The summed E-state index contributed by atoms with van der Waals surface area (Å²) < 4.78 is 2.19. The molecular weight excluding hydrogens is 382 g/mol. The Morgan fingerprint density at radius 2 is 2.03 bits per heavy atom. The molecule has 4 heterocycles. The van der Waals surface area contributed by atoms with Gasteiger partial charge >= 0.3 is 0 Å². The number of likely N-dealkylation sites (tertiary alicyclic amines) is 1. The normalized spacial score (nSPS) is 30.6. The maximum absolute atomic E-state index is 13.5. The minimum absolute atomic E-state index is 0.364. The fraction of sp³-hybridized carbons (Fsp3) is 0.593. The molecule has 2 aromatic rings. The molecule has 6 rings (SSSR count). The quantitative estimate of drug-likeness (QED) is 0.687. The zero-order valence-electron chi connectivity index (χ0n) is 18.8. The van der Waals surface area contributed by atoms with Crippen molar-refractivity contribution in [2.24, 2.45) is 18.9 Å². The molecular formula is C27H35N3O. The molecule has 0 radical (unpaired) electrons. The average molecular weight is 418 g/mol. The van der Waals surface area contributed by atoms with Crippen LogP contribution in [0.5, 0.6) is 0 Å². The van der Waals surface area contributed by atoms with Crippen molar-refractivity contribution < 1.29 is 4.79 Å². The van der Waals surface area contributed by atoms with Crippen LogP contribution in [-0.4, -0.2) is 52.0 Å². The molecule has 2 bridgehead atoms. The van der Waals surface area contributed by atoms with Crippen LogP contribution in [0.3, 0.4) is 0 Å². The molecule has 164 valence electrons. The lowest BCUT2D eigenvalue weighted by Gasteiger charge is -2.54. The lowest BCUT2D eigenvalue weighted by atomic mass is 9.68. The number of nitrogens with zero attached hydrogens (tertiary/aromatic N) is 3. The van der Waals surface area contributed by atoms with Crippen LogP contribution in [0.4, 0.5) is 0 Å². The van der Waals surface area contributed by atoms with Gasteiger partial charge in [-0.15, -0.1) is 0 Å². The van der Waals surface area contributed by atoms with Gasteiger partial charge in [0.1, 0.15) is 0 Å². The van der Waals surface area contributed by atoms with Crippen molar-refractivity contribution in [3.63, 3.8) is 0 Å². The van der Waals surface area contributed by atoms with Gasteiger partial charge in [-0.05, 0) is 68.5 Å². The van der Waals surface area contributed by atoms with Crippen LogP contribution in [0.1, 0.15) is 50.5 Å². The molecule has 3 fully saturated rings. The number of carbonyl (C=O) groups excluding carboxylic acids is 1. The van der Waals surface area contributed by atoms with Crippen LogP contribution in [0.15, 0.2) is 42.1 Å². The average Bonchev–Trinajstić information content (AvgIpc) is 3.13. The summed E-state index contributed by atoms with van der Waals surface area (Å²) >= 11 is 0. The maximum Gasteiger partial charge on any atom is 0.223 e. The van der Waals surface area contributed by atoms with Gasteiger partial charge in [-0.2, -0.15) is 0 Å². The number of hydrogen-bond acceptors (Lipinski definition) is 2. The summed E-state index contributed by atoms with van der Waals surface area (Å²) in [5.41, 5.74) is 4.15. The van der Waals surface area contributed by atoms with E-state index < -0.39 is 0 Å². The second-order valence-electron chi connectivity index (χ2n) is 10.4. The highest BCUT2D eigenvalue weighted by Crippen LogP contribution is 2.45. The fourth-order valence-corrected chi connectivity index (χ4v) is 7.26. The topological polar surface area (TPSA) is 28.5 Å². The number of aryl methyl sites for hydroxylation is 2. The van der Waals surface area contributed by atoms with Gasteiger partial charge < -0.3 is 9.47 Å². The second kappa shape index (κ2) is 7.81. The van der Waals surface area contributed by atoms with E-state index in [0.717, 1.165) is 31.3 Å². The Kier molecular flexibility index (Phi) is 4.94. The fourth-order valence-electron chi connectivity index (χ4n) is 7.26. The number of amides is 1. The summed E-state index contributed by atoms with van der Waals surface area (Å²) in [7, 11) is 2.10. The van der Waals surface area contributed by atoms with E-state index >= 15 is 0 Å². The Labute approximate surface area is 185 Å². The van der Waals surface area contributed by atoms with E-state index in [0.29, 0.717) is 24.3 Å². The van der Waals surface area contributed by atoms with E-state index in [-0.39, 0.29) is 0 Å². The molecule has 4 heteroatoms. The van der Waals surface area contributed by atoms with Crippen LogP contribution in [-0.2, 0) is 18.3 Å². The van der Waals surface area contributed by atoms with Gasteiger partial charge in [0.05, 0.1) is 6.04 Å². The molecule has 31 heavy (non-hydrogen) atoms. The summed E-state index contributed by atoms with van der Waals surface area (Å²) in [5, 5.41) is 1.29. The third-order valence-electron chi connectivity index (χ3n) is 8.57. The monoisotopic (exact) mass is 417 g/mol. The van der Waals surface area contributed by atoms with Gasteiger partial charge in [-0.3, -0.25) is 9.69 Å². The molecule has 0 spiro atoms. The molecule has 1 aromatic carbocycles. The lowest BCUT2D eigenvalue weighted by Crippen LogP contribution is -2.60. The summed E-state index contributed by atoms with van der Waals surface area (Å²) in [6, 6.07) is 9.69. The highest BCUT2D eigenvalue weighted by atomic mass is 16.2. The standard InChI is InChI=1S/C27H35N3O/c1-28-17-20(23-8-2-3-10-25(23)28)11-12-26(31)30-14-6-7-19-15-21-16-22(27(19)30)18-29-13-5-4-9-24(21)29/h2-3,8,10,15,17,21-22,24,27H,4-7,9,11-14,16,18H2,1H3/t21-,22+,24-,27+/m0/s1. The number of piperidine rings is 3. The number of aromatic nitrogens is 1. The van der Waals surface area contributed by atoms with E-state index in [1.165, 1.54) is 61.7 Å². The highest BCUT2D eigenvalue weighted by molar-refractivity contribution is 5.85. The number of para-hydroxylation sites is 1. The van der Waals surface area contributed by atoms with E-state index in [2.05, 4.69) is 58.0 Å². The molecule has 1 aromatic heterocycles. The summed E-state index contributed by atoms with van der Waals surface area (Å²) in [6.07, 6.45) is 14.0. The van der Waals surface area contributed by atoms with Crippen LogP contribution >= 0.6 is 0 Å². The van der Waals surface area contributed by atoms with Crippen molar-refractivity contribution in [1.82, 2.24) is 14.4 Å². The van der Waals surface area contributed by atoms with Gasteiger partial charge in [0.15, 0.2) is 0 Å². The summed E-state index contributed by atoms with van der Waals surface area (Å²) in [5.74, 6) is 1.74. The molecule has 3 saturated heterocycles. The Balaban J connectivity index is 1.21. The molecule has 0 unspecified atom stereocenters. The van der Waals surface area contributed by atoms with Crippen LogP contribution in [0, 0.1) is 11.8 Å². The minimum Gasteiger partial charge on any atom is -0.350 e. The van der Waals surface area contributed by atoms with E-state index in [1.807, 2.05) is 0 Å². The molecule has 1 aliphatic carbocycles. The first kappa shape index (κ1) is 19.6. The van der Waals surface area contributed by atoms with Crippen molar-refractivity contribution in [1.29, 1.82) is 0 Å². The molecule has 0 N–H and O–H groups in total. The highest BCUT2D eigenvalue weighted by Gasteiger charge is 2.46. The zero-order chi connectivity index (χ0) is 20.9. The van der Waals surface area contributed by atoms with Crippen LogP contribution in [0.2, 0.25) is 0 Å². The molecule has 1 amide bonds. The molecule has 4 nitrogen and oxygen atoms in total. The van der Waals surface area contributed by atoms with Crippen molar-refractivity contribution in [2.75, 3.05) is 19.6 Å².